The third-order valence-electron chi connectivity index (χ3n) is 1.31. The van der Waals surface area contributed by atoms with Crippen molar-refractivity contribution < 1.29 is 14.3 Å². The molecule has 0 spiro atoms. The minimum absolute atomic E-state index is 0.144. The van der Waals surface area contributed by atoms with E-state index in [2.05, 4.69) is 9.84 Å². The number of nitrogens with one attached hydrogen (secondary N) is 2. The Kier molecular flexibility index (Phi) is 3.35. The number of aromatic nitrogens is 2. The van der Waals surface area contributed by atoms with Crippen LogP contribution in [-0.2, 0) is 16.1 Å². The Hall–Kier alpha value is -1.70. The van der Waals surface area contributed by atoms with Crippen molar-refractivity contribution >= 4 is 23.3 Å². The van der Waals surface area contributed by atoms with Gasteiger partial charge < -0.3 is 4.74 Å². The van der Waals surface area contributed by atoms with Crippen LogP contribution in [0.5, 0.6) is 0 Å². The summed E-state index contributed by atoms with van der Waals surface area (Å²) in [5.41, 5.74) is 1.44. The summed E-state index contributed by atoms with van der Waals surface area (Å²) in [7, 11) is 1.16. The highest BCUT2D eigenvalue weighted by atomic mass is 32.1. The van der Waals surface area contributed by atoms with E-state index >= 15 is 0 Å². The third kappa shape index (κ3) is 2.66. The number of ether oxygens (including phenoxy) is 1. The van der Waals surface area contributed by atoms with E-state index in [-0.39, 0.29) is 11.3 Å². The van der Waals surface area contributed by atoms with Crippen molar-refractivity contribution in [1.29, 1.82) is 5.41 Å². The number of amides is 2. The van der Waals surface area contributed by atoms with E-state index in [1.165, 1.54) is 10.2 Å². The fourth-order valence-electron chi connectivity index (χ4n) is 0.697. The summed E-state index contributed by atoms with van der Waals surface area (Å²) in [5.74, 6) is -0.568. The lowest BCUT2D eigenvalue weighted by molar-refractivity contribution is -0.121. The van der Waals surface area contributed by atoms with Crippen LogP contribution in [0.4, 0.5) is 4.79 Å². The lowest BCUT2D eigenvalue weighted by atomic mass is 10.6. The molecule has 1 aromatic rings. The van der Waals surface area contributed by atoms with Crippen molar-refractivity contribution in [2.24, 2.45) is 0 Å². The number of hydrogen-bond acceptors (Lipinski definition) is 6. The van der Waals surface area contributed by atoms with E-state index in [4.69, 9.17) is 5.41 Å². The molecule has 0 atom stereocenters. The van der Waals surface area contributed by atoms with Crippen molar-refractivity contribution in [2.75, 3.05) is 7.11 Å². The molecule has 1 aromatic heterocycles. The third-order valence-corrected chi connectivity index (χ3v) is 1.94. The highest BCUT2D eigenvalue weighted by Crippen LogP contribution is 1.83. The van der Waals surface area contributed by atoms with Crippen LogP contribution < -0.4 is 10.1 Å². The van der Waals surface area contributed by atoms with Crippen LogP contribution in [0.15, 0.2) is 5.51 Å². The van der Waals surface area contributed by atoms with Gasteiger partial charge in [-0.3, -0.25) is 15.5 Å². The van der Waals surface area contributed by atoms with E-state index in [1.54, 1.807) is 0 Å². The van der Waals surface area contributed by atoms with Gasteiger partial charge >= 0.3 is 6.09 Å². The lowest BCUT2D eigenvalue weighted by Crippen LogP contribution is -2.35. The fourth-order valence-corrected chi connectivity index (χ4v) is 1.19. The van der Waals surface area contributed by atoms with Crippen LogP contribution >= 0.6 is 11.3 Å². The SMILES string of the molecule is COC(=O)NC(=O)Cn1ncsc1=N. The zero-order valence-corrected chi connectivity index (χ0v) is 8.13. The van der Waals surface area contributed by atoms with E-state index in [9.17, 15) is 9.59 Å². The standard InChI is InChI=1S/C6H8N4O3S/c1-13-6(12)9-4(11)2-10-5(7)14-3-8-10/h3,7H,2H2,1H3,(H,9,11,12). The van der Waals surface area contributed by atoms with Crippen molar-refractivity contribution in [3.63, 3.8) is 0 Å². The van der Waals surface area contributed by atoms with Crippen LogP contribution in [0.25, 0.3) is 0 Å². The van der Waals surface area contributed by atoms with Gasteiger partial charge in [0.25, 0.3) is 5.91 Å². The highest BCUT2D eigenvalue weighted by molar-refractivity contribution is 7.06. The van der Waals surface area contributed by atoms with Gasteiger partial charge in [0.05, 0.1) is 7.11 Å². The number of carbonyl (C=O) groups excluding carboxylic acids is 2. The molecule has 2 amide bonds. The molecule has 8 heteroatoms. The van der Waals surface area contributed by atoms with Gasteiger partial charge in [0, 0.05) is 0 Å². The molecule has 0 saturated carbocycles. The first-order chi connectivity index (χ1) is 6.63. The Labute approximate surface area is 82.8 Å². The van der Waals surface area contributed by atoms with E-state index in [0.717, 1.165) is 18.4 Å². The monoisotopic (exact) mass is 216 g/mol. The molecule has 1 heterocycles. The maximum absolute atomic E-state index is 11.1. The quantitative estimate of drug-likeness (QED) is 0.683. The fraction of sp³-hybridized carbons (Fsp3) is 0.333. The minimum Gasteiger partial charge on any atom is -0.453 e. The molecule has 1 rings (SSSR count). The Balaban J connectivity index is 2.54. The average molecular weight is 216 g/mol. The summed E-state index contributed by atoms with van der Waals surface area (Å²) in [4.78, 5) is 21.8. The Morgan fingerprint density at radius 3 is 3.00 bits per heavy atom. The molecule has 0 radical (unpaired) electrons. The molecule has 0 aliphatic heterocycles. The van der Waals surface area contributed by atoms with Crippen LogP contribution in [0.2, 0.25) is 0 Å². The molecule has 14 heavy (non-hydrogen) atoms. The first-order valence-corrected chi connectivity index (χ1v) is 4.44. The van der Waals surface area contributed by atoms with E-state index in [0.29, 0.717) is 0 Å². The van der Waals surface area contributed by atoms with Gasteiger partial charge in [-0.1, -0.05) is 11.3 Å². The second-order valence-electron chi connectivity index (χ2n) is 2.24. The molecular formula is C6H8N4O3S. The Bertz CT molecular complexity index is 396. The van der Waals surface area contributed by atoms with Gasteiger partial charge in [-0.05, 0) is 0 Å². The van der Waals surface area contributed by atoms with Gasteiger partial charge in [-0.25, -0.2) is 9.48 Å². The second-order valence-corrected chi connectivity index (χ2v) is 3.07. The van der Waals surface area contributed by atoms with Gasteiger partial charge in [0.2, 0.25) is 0 Å². The summed E-state index contributed by atoms with van der Waals surface area (Å²) in [6.07, 6.45) is -0.822. The van der Waals surface area contributed by atoms with Crippen LogP contribution in [0.1, 0.15) is 0 Å². The predicted octanol–water partition coefficient (Wildman–Crippen LogP) is -0.693. The summed E-state index contributed by atoms with van der Waals surface area (Å²) in [6, 6.07) is 0. The van der Waals surface area contributed by atoms with Crippen molar-refractivity contribution in [3.8, 4) is 0 Å². The van der Waals surface area contributed by atoms with Crippen LogP contribution in [-0.4, -0.2) is 28.9 Å². The topological polar surface area (TPSA) is 97.1 Å². The number of nitrogens with zero attached hydrogens (tertiary/aromatic N) is 2. The summed E-state index contributed by atoms with van der Waals surface area (Å²) in [5, 5.41) is 13.0. The molecule has 0 aromatic carbocycles. The molecule has 2 N–H and O–H groups in total. The van der Waals surface area contributed by atoms with Gasteiger partial charge in [0.1, 0.15) is 12.1 Å². The Morgan fingerprint density at radius 2 is 2.50 bits per heavy atom. The minimum atomic E-state index is -0.822. The largest absolute Gasteiger partial charge is 0.453 e. The first-order valence-electron chi connectivity index (χ1n) is 3.56. The van der Waals surface area contributed by atoms with E-state index < -0.39 is 12.0 Å². The van der Waals surface area contributed by atoms with E-state index in [1.807, 2.05) is 5.32 Å². The molecular weight excluding hydrogens is 208 g/mol. The number of carbonyl (C=O) groups is 2. The number of hydrogen-bond donors (Lipinski definition) is 2. The van der Waals surface area contributed by atoms with Gasteiger partial charge in [0.15, 0.2) is 4.80 Å². The first kappa shape index (κ1) is 10.4. The van der Waals surface area contributed by atoms with Crippen molar-refractivity contribution in [2.45, 2.75) is 6.54 Å². The molecule has 0 fully saturated rings. The molecule has 0 unspecified atom stereocenters. The van der Waals surface area contributed by atoms with Gasteiger partial charge in [-0.2, -0.15) is 5.10 Å². The number of imide groups is 1. The van der Waals surface area contributed by atoms with Crippen LogP contribution in [0, 0.1) is 5.41 Å². The molecule has 7 nitrogen and oxygen atoms in total. The molecule has 0 bridgehead atoms. The zero-order chi connectivity index (χ0) is 10.6. The maximum atomic E-state index is 11.1. The molecule has 0 aliphatic rings. The zero-order valence-electron chi connectivity index (χ0n) is 7.31. The lowest BCUT2D eigenvalue weighted by Gasteiger charge is -2.01. The highest BCUT2D eigenvalue weighted by Gasteiger charge is 2.08. The predicted molar refractivity (Wildman–Crippen MR) is 46.5 cm³/mol. The van der Waals surface area contributed by atoms with Crippen LogP contribution in [0.3, 0.4) is 0 Å². The molecule has 0 saturated heterocycles. The number of alkyl carbamates (subject to hydrolysis) is 1. The summed E-state index contributed by atoms with van der Waals surface area (Å²) >= 11 is 1.09. The average Bonchev–Trinajstić information content (AvgIpc) is 2.51. The number of rotatable bonds is 2. The number of methoxy groups -OCH3 is 1. The maximum Gasteiger partial charge on any atom is 0.413 e. The normalized spacial score (nSPS) is 9.50. The van der Waals surface area contributed by atoms with Crippen molar-refractivity contribution in [3.05, 3.63) is 10.3 Å². The Morgan fingerprint density at radius 1 is 1.79 bits per heavy atom. The molecule has 76 valence electrons. The smallest absolute Gasteiger partial charge is 0.413 e. The summed E-state index contributed by atoms with van der Waals surface area (Å²) in [6.45, 7) is -0.169. The molecule has 0 aliphatic carbocycles. The summed E-state index contributed by atoms with van der Waals surface area (Å²) < 4.78 is 5.40. The van der Waals surface area contributed by atoms with Crippen molar-refractivity contribution in [1.82, 2.24) is 15.1 Å². The van der Waals surface area contributed by atoms with Gasteiger partial charge in [-0.15, -0.1) is 0 Å². The second kappa shape index (κ2) is 4.51.